The molecule has 1 aromatic carbocycles. The SMILES string of the molecule is COc1ccc([N+](=O)[O-])cc1N1CC(CN=[N+]=[N-])CC1=O. The number of non-ortho nitro benzene ring substituents is 1. The van der Waals surface area contributed by atoms with E-state index in [0.29, 0.717) is 18.0 Å². The molecule has 0 aromatic heterocycles. The average Bonchev–Trinajstić information content (AvgIpc) is 2.85. The lowest BCUT2D eigenvalue weighted by atomic mass is 10.1. The van der Waals surface area contributed by atoms with Gasteiger partial charge in [-0.25, -0.2) is 0 Å². The minimum atomic E-state index is -0.527. The molecule has 1 saturated heterocycles. The smallest absolute Gasteiger partial charge is 0.271 e. The van der Waals surface area contributed by atoms with Gasteiger partial charge < -0.3 is 9.64 Å². The van der Waals surface area contributed by atoms with Crippen molar-refractivity contribution in [3.05, 3.63) is 38.8 Å². The summed E-state index contributed by atoms with van der Waals surface area (Å²) in [5, 5.41) is 14.3. The fourth-order valence-electron chi connectivity index (χ4n) is 2.29. The Bertz CT molecular complexity index is 626. The van der Waals surface area contributed by atoms with Crippen LogP contribution in [0.2, 0.25) is 0 Å². The lowest BCUT2D eigenvalue weighted by Crippen LogP contribution is -2.25. The van der Waals surface area contributed by atoms with E-state index in [-0.39, 0.29) is 30.5 Å². The number of hydrogen-bond donors (Lipinski definition) is 0. The number of azide groups is 1. The maximum atomic E-state index is 12.1. The molecule has 0 N–H and O–H groups in total. The number of ether oxygens (including phenoxy) is 1. The molecule has 1 aromatic rings. The highest BCUT2D eigenvalue weighted by Crippen LogP contribution is 2.35. The highest BCUT2D eigenvalue weighted by atomic mass is 16.6. The van der Waals surface area contributed by atoms with Crippen LogP contribution < -0.4 is 9.64 Å². The molecule has 21 heavy (non-hydrogen) atoms. The maximum absolute atomic E-state index is 12.1. The van der Waals surface area contributed by atoms with Gasteiger partial charge >= 0.3 is 0 Å². The zero-order chi connectivity index (χ0) is 15.4. The number of rotatable bonds is 5. The molecule has 1 heterocycles. The highest BCUT2D eigenvalue weighted by Gasteiger charge is 2.32. The van der Waals surface area contributed by atoms with Gasteiger partial charge in [-0.05, 0) is 17.5 Å². The van der Waals surface area contributed by atoms with Crippen LogP contribution in [0.15, 0.2) is 23.3 Å². The first-order valence-corrected chi connectivity index (χ1v) is 6.20. The lowest BCUT2D eigenvalue weighted by Gasteiger charge is -2.19. The molecule has 1 amide bonds. The average molecular weight is 291 g/mol. The van der Waals surface area contributed by atoms with Crippen LogP contribution in [0.1, 0.15) is 6.42 Å². The Balaban J connectivity index is 2.32. The van der Waals surface area contributed by atoms with Gasteiger partial charge in [-0.3, -0.25) is 14.9 Å². The minimum absolute atomic E-state index is 0.0997. The number of methoxy groups -OCH3 is 1. The van der Waals surface area contributed by atoms with Gasteiger partial charge in [-0.1, -0.05) is 5.11 Å². The van der Waals surface area contributed by atoms with Gasteiger partial charge in [0.05, 0.1) is 17.7 Å². The van der Waals surface area contributed by atoms with E-state index in [4.69, 9.17) is 10.3 Å². The zero-order valence-corrected chi connectivity index (χ0v) is 11.3. The topological polar surface area (TPSA) is 121 Å². The second kappa shape index (κ2) is 6.10. The molecular weight excluding hydrogens is 278 g/mol. The largest absolute Gasteiger partial charge is 0.495 e. The fraction of sp³-hybridized carbons (Fsp3) is 0.417. The third-order valence-corrected chi connectivity index (χ3v) is 3.27. The molecular formula is C12H13N5O4. The Morgan fingerprint density at radius 1 is 1.62 bits per heavy atom. The summed E-state index contributed by atoms with van der Waals surface area (Å²) in [5.74, 6) is 0.114. The van der Waals surface area contributed by atoms with Gasteiger partial charge in [0.1, 0.15) is 5.75 Å². The summed E-state index contributed by atoms with van der Waals surface area (Å²) in [4.78, 5) is 26.5. The van der Waals surface area contributed by atoms with Crippen molar-refractivity contribution in [2.75, 3.05) is 25.1 Å². The normalized spacial score (nSPS) is 17.5. The van der Waals surface area contributed by atoms with Crippen molar-refractivity contribution >= 4 is 17.3 Å². The van der Waals surface area contributed by atoms with E-state index < -0.39 is 4.92 Å². The number of nitrogens with zero attached hydrogens (tertiary/aromatic N) is 5. The predicted molar refractivity (Wildman–Crippen MR) is 74.1 cm³/mol. The summed E-state index contributed by atoms with van der Waals surface area (Å²) >= 11 is 0. The van der Waals surface area contributed by atoms with Crippen LogP contribution in [0.4, 0.5) is 11.4 Å². The van der Waals surface area contributed by atoms with E-state index >= 15 is 0 Å². The van der Waals surface area contributed by atoms with Crippen molar-refractivity contribution in [3.8, 4) is 5.75 Å². The number of hydrogen-bond acceptors (Lipinski definition) is 5. The second-order valence-electron chi connectivity index (χ2n) is 4.60. The molecule has 1 fully saturated rings. The van der Waals surface area contributed by atoms with Crippen molar-refractivity contribution in [2.24, 2.45) is 11.0 Å². The number of carbonyl (C=O) groups excluding carboxylic acids is 1. The predicted octanol–water partition coefficient (Wildman–Crippen LogP) is 2.27. The fourth-order valence-corrected chi connectivity index (χ4v) is 2.29. The molecule has 0 bridgehead atoms. The quantitative estimate of drug-likeness (QED) is 0.271. The van der Waals surface area contributed by atoms with Crippen LogP contribution in [0.3, 0.4) is 0 Å². The Kier molecular flexibility index (Phi) is 4.24. The first-order valence-electron chi connectivity index (χ1n) is 6.20. The molecule has 1 atom stereocenters. The van der Waals surface area contributed by atoms with Gasteiger partial charge in [0.25, 0.3) is 5.69 Å². The number of nitro benzene ring substituents is 1. The third-order valence-electron chi connectivity index (χ3n) is 3.27. The van der Waals surface area contributed by atoms with Crippen LogP contribution in [0, 0.1) is 16.0 Å². The summed E-state index contributed by atoms with van der Waals surface area (Å²) < 4.78 is 5.16. The van der Waals surface area contributed by atoms with E-state index in [1.54, 1.807) is 0 Å². The Hall–Kier alpha value is -2.80. The van der Waals surface area contributed by atoms with Crippen LogP contribution in [0.5, 0.6) is 5.75 Å². The lowest BCUT2D eigenvalue weighted by molar-refractivity contribution is -0.384. The van der Waals surface area contributed by atoms with Gasteiger partial charge in [0.2, 0.25) is 5.91 Å². The maximum Gasteiger partial charge on any atom is 0.271 e. The Morgan fingerprint density at radius 3 is 3.00 bits per heavy atom. The monoisotopic (exact) mass is 291 g/mol. The summed E-state index contributed by atoms with van der Waals surface area (Å²) in [5.41, 5.74) is 8.57. The number of benzene rings is 1. The summed E-state index contributed by atoms with van der Waals surface area (Å²) in [6.07, 6.45) is 0.241. The van der Waals surface area contributed by atoms with E-state index in [9.17, 15) is 14.9 Å². The second-order valence-corrected chi connectivity index (χ2v) is 4.60. The molecule has 0 aliphatic carbocycles. The van der Waals surface area contributed by atoms with Gasteiger partial charge in [-0.15, -0.1) is 0 Å². The standard InChI is InChI=1S/C12H13N5O4/c1-21-11-3-2-9(17(19)20)5-10(11)16-7-8(4-12(16)18)6-14-15-13/h2-3,5,8H,4,6-7H2,1H3. The molecule has 9 nitrogen and oxygen atoms in total. The van der Waals surface area contributed by atoms with Crippen molar-refractivity contribution in [1.29, 1.82) is 0 Å². The van der Waals surface area contributed by atoms with E-state index in [1.165, 1.54) is 30.2 Å². The summed E-state index contributed by atoms with van der Waals surface area (Å²) in [6.45, 7) is 0.561. The molecule has 110 valence electrons. The molecule has 0 saturated carbocycles. The number of anilines is 1. The Morgan fingerprint density at radius 2 is 2.38 bits per heavy atom. The van der Waals surface area contributed by atoms with Gasteiger partial charge in [-0.2, -0.15) is 0 Å². The summed E-state index contributed by atoms with van der Waals surface area (Å²) in [6, 6.07) is 4.09. The summed E-state index contributed by atoms with van der Waals surface area (Å²) in [7, 11) is 1.43. The van der Waals surface area contributed by atoms with Gasteiger partial charge in [0, 0.05) is 36.6 Å². The molecule has 1 aliphatic rings. The molecule has 2 rings (SSSR count). The molecule has 0 spiro atoms. The van der Waals surface area contributed by atoms with E-state index in [0.717, 1.165) is 0 Å². The van der Waals surface area contributed by atoms with Crippen LogP contribution >= 0.6 is 0 Å². The van der Waals surface area contributed by atoms with Crippen molar-refractivity contribution in [1.82, 2.24) is 0 Å². The number of nitro groups is 1. The zero-order valence-electron chi connectivity index (χ0n) is 11.3. The molecule has 0 radical (unpaired) electrons. The van der Waals surface area contributed by atoms with E-state index in [1.807, 2.05) is 0 Å². The number of carbonyl (C=O) groups is 1. The highest BCUT2D eigenvalue weighted by molar-refractivity contribution is 5.97. The first-order chi connectivity index (χ1) is 10.1. The van der Waals surface area contributed by atoms with Crippen molar-refractivity contribution < 1.29 is 14.5 Å². The first kappa shape index (κ1) is 14.6. The van der Waals surface area contributed by atoms with Crippen molar-refractivity contribution in [2.45, 2.75) is 6.42 Å². The van der Waals surface area contributed by atoms with Crippen LogP contribution in [-0.4, -0.2) is 31.0 Å². The third kappa shape index (κ3) is 3.03. The van der Waals surface area contributed by atoms with E-state index in [2.05, 4.69) is 10.0 Å². The molecule has 9 heteroatoms. The molecule has 1 aliphatic heterocycles. The number of amides is 1. The molecule has 1 unspecified atom stereocenters. The van der Waals surface area contributed by atoms with Gasteiger partial charge in [0.15, 0.2) is 0 Å². The Labute approximate surface area is 119 Å². The van der Waals surface area contributed by atoms with Crippen molar-refractivity contribution in [3.63, 3.8) is 0 Å². The van der Waals surface area contributed by atoms with Crippen LogP contribution in [-0.2, 0) is 4.79 Å². The minimum Gasteiger partial charge on any atom is -0.495 e. The van der Waals surface area contributed by atoms with Crippen LogP contribution in [0.25, 0.3) is 10.4 Å².